The largest absolute Gasteiger partial charge is 0.493 e. The molecule has 0 saturated carbocycles. The minimum absolute atomic E-state index is 0.0319. The van der Waals surface area contributed by atoms with E-state index in [4.69, 9.17) is 9.47 Å². The van der Waals surface area contributed by atoms with Crippen molar-refractivity contribution in [1.82, 2.24) is 0 Å². The number of rotatable bonds is 2. The highest BCUT2D eigenvalue weighted by molar-refractivity contribution is 5.66. The van der Waals surface area contributed by atoms with Crippen LogP contribution in [0.5, 0.6) is 0 Å². The predicted molar refractivity (Wildman–Crippen MR) is 59.6 cm³/mol. The summed E-state index contributed by atoms with van der Waals surface area (Å²) < 4.78 is 10.6. The summed E-state index contributed by atoms with van der Waals surface area (Å²) in [6, 6.07) is 9.92. The van der Waals surface area contributed by atoms with Crippen LogP contribution in [0.4, 0.5) is 0 Å². The molecule has 1 aromatic carbocycles. The van der Waals surface area contributed by atoms with Gasteiger partial charge < -0.3 is 9.47 Å². The van der Waals surface area contributed by atoms with Gasteiger partial charge in [0, 0.05) is 13.3 Å². The van der Waals surface area contributed by atoms with E-state index in [0.717, 1.165) is 5.56 Å². The van der Waals surface area contributed by atoms with E-state index in [-0.39, 0.29) is 18.2 Å². The maximum atomic E-state index is 10.9. The average molecular weight is 218 g/mol. The predicted octanol–water partition coefficient (Wildman–Crippen LogP) is 2.59. The molecule has 1 aromatic rings. The fourth-order valence-corrected chi connectivity index (χ4v) is 1.76. The van der Waals surface area contributed by atoms with Crippen LogP contribution in [0.1, 0.15) is 25.0 Å². The van der Waals surface area contributed by atoms with Crippen molar-refractivity contribution in [2.24, 2.45) is 0 Å². The number of benzene rings is 1. The molecule has 1 heterocycles. The van der Waals surface area contributed by atoms with E-state index < -0.39 is 0 Å². The smallest absolute Gasteiger partial charge is 0.303 e. The standard InChI is InChI=1S/C13H14O3/c1-10(14)16-12-7-8-15-13(9-12)11-5-3-2-4-6-11/h2-8,12-13H,9H2,1H3/t12-,13-/m1/s1. The lowest BCUT2D eigenvalue weighted by atomic mass is 10.0. The van der Waals surface area contributed by atoms with Gasteiger partial charge in [-0.05, 0) is 11.6 Å². The first kappa shape index (κ1) is 10.7. The Morgan fingerprint density at radius 2 is 2.12 bits per heavy atom. The number of carbonyl (C=O) groups excluding carboxylic acids is 1. The Kier molecular flexibility index (Phi) is 3.25. The fourth-order valence-electron chi connectivity index (χ4n) is 1.76. The maximum absolute atomic E-state index is 10.9. The van der Waals surface area contributed by atoms with Crippen molar-refractivity contribution in [2.75, 3.05) is 0 Å². The van der Waals surface area contributed by atoms with Gasteiger partial charge in [0.25, 0.3) is 0 Å². The molecular formula is C13H14O3. The van der Waals surface area contributed by atoms with Gasteiger partial charge in [-0.15, -0.1) is 0 Å². The lowest BCUT2D eigenvalue weighted by molar-refractivity contribution is -0.146. The highest BCUT2D eigenvalue weighted by atomic mass is 16.5. The van der Waals surface area contributed by atoms with E-state index in [1.54, 1.807) is 12.3 Å². The Morgan fingerprint density at radius 3 is 2.81 bits per heavy atom. The van der Waals surface area contributed by atoms with Crippen molar-refractivity contribution in [3.8, 4) is 0 Å². The van der Waals surface area contributed by atoms with Crippen molar-refractivity contribution < 1.29 is 14.3 Å². The highest BCUT2D eigenvalue weighted by Gasteiger charge is 2.22. The second kappa shape index (κ2) is 4.84. The molecule has 0 saturated heterocycles. The lowest BCUT2D eigenvalue weighted by Crippen LogP contribution is -2.21. The summed E-state index contributed by atoms with van der Waals surface area (Å²) in [6.07, 6.45) is 3.82. The molecule has 16 heavy (non-hydrogen) atoms. The molecule has 1 aliphatic heterocycles. The van der Waals surface area contributed by atoms with Gasteiger partial charge in [0.2, 0.25) is 0 Å². The van der Waals surface area contributed by atoms with Crippen LogP contribution < -0.4 is 0 Å². The Bertz CT molecular complexity index is 383. The normalized spacial score (nSPS) is 23.6. The molecule has 0 radical (unpaired) electrons. The molecule has 0 spiro atoms. The van der Waals surface area contributed by atoms with Gasteiger partial charge in [-0.3, -0.25) is 4.79 Å². The van der Waals surface area contributed by atoms with E-state index in [2.05, 4.69) is 0 Å². The van der Waals surface area contributed by atoms with Crippen molar-refractivity contribution in [3.63, 3.8) is 0 Å². The van der Waals surface area contributed by atoms with Crippen molar-refractivity contribution in [2.45, 2.75) is 25.6 Å². The van der Waals surface area contributed by atoms with Crippen LogP contribution in [0.3, 0.4) is 0 Å². The highest BCUT2D eigenvalue weighted by Crippen LogP contribution is 2.27. The van der Waals surface area contributed by atoms with Crippen LogP contribution in [-0.4, -0.2) is 12.1 Å². The Labute approximate surface area is 94.7 Å². The first-order valence-corrected chi connectivity index (χ1v) is 5.30. The summed E-state index contributed by atoms with van der Waals surface area (Å²) in [5, 5.41) is 0. The van der Waals surface area contributed by atoms with Crippen LogP contribution >= 0.6 is 0 Å². The Hall–Kier alpha value is -1.77. The summed E-state index contributed by atoms with van der Waals surface area (Å²) >= 11 is 0. The van der Waals surface area contributed by atoms with E-state index in [9.17, 15) is 4.79 Å². The third-order valence-corrected chi connectivity index (χ3v) is 2.47. The topological polar surface area (TPSA) is 35.5 Å². The van der Waals surface area contributed by atoms with Crippen LogP contribution in [0.15, 0.2) is 42.7 Å². The van der Waals surface area contributed by atoms with Crippen molar-refractivity contribution >= 4 is 5.97 Å². The van der Waals surface area contributed by atoms with Gasteiger partial charge in [-0.1, -0.05) is 30.3 Å². The zero-order valence-corrected chi connectivity index (χ0v) is 9.13. The number of carbonyl (C=O) groups is 1. The third-order valence-electron chi connectivity index (χ3n) is 2.47. The molecule has 0 N–H and O–H groups in total. The third kappa shape index (κ3) is 2.63. The molecular weight excluding hydrogens is 204 g/mol. The van der Waals surface area contributed by atoms with Crippen LogP contribution in [0, 0.1) is 0 Å². The number of ether oxygens (including phenoxy) is 2. The van der Waals surface area contributed by atoms with E-state index in [1.165, 1.54) is 6.92 Å². The number of hydrogen-bond donors (Lipinski definition) is 0. The molecule has 84 valence electrons. The van der Waals surface area contributed by atoms with Crippen molar-refractivity contribution in [3.05, 3.63) is 48.2 Å². The molecule has 0 aliphatic carbocycles. The average Bonchev–Trinajstić information content (AvgIpc) is 2.30. The molecule has 2 rings (SSSR count). The van der Waals surface area contributed by atoms with Gasteiger partial charge in [-0.25, -0.2) is 0 Å². The van der Waals surface area contributed by atoms with E-state index >= 15 is 0 Å². The molecule has 0 aromatic heterocycles. The Balaban J connectivity index is 2.04. The molecule has 3 nitrogen and oxygen atoms in total. The lowest BCUT2D eigenvalue weighted by Gasteiger charge is -2.25. The summed E-state index contributed by atoms with van der Waals surface area (Å²) in [5.74, 6) is -0.261. The molecule has 2 atom stereocenters. The van der Waals surface area contributed by atoms with Crippen LogP contribution in [0.2, 0.25) is 0 Å². The molecule has 3 heteroatoms. The number of esters is 1. The van der Waals surface area contributed by atoms with Gasteiger partial charge in [0.15, 0.2) is 0 Å². The summed E-state index contributed by atoms with van der Waals surface area (Å²) in [4.78, 5) is 10.9. The van der Waals surface area contributed by atoms with Gasteiger partial charge in [0.1, 0.15) is 12.2 Å². The molecule has 0 bridgehead atoms. The maximum Gasteiger partial charge on any atom is 0.303 e. The summed E-state index contributed by atoms with van der Waals surface area (Å²) in [7, 11) is 0. The first-order chi connectivity index (χ1) is 7.75. The molecule has 0 unspecified atom stereocenters. The van der Waals surface area contributed by atoms with Gasteiger partial charge in [0.05, 0.1) is 6.26 Å². The van der Waals surface area contributed by atoms with E-state index in [0.29, 0.717) is 6.42 Å². The fraction of sp³-hybridized carbons (Fsp3) is 0.308. The van der Waals surface area contributed by atoms with E-state index in [1.807, 2.05) is 30.3 Å². The Morgan fingerprint density at radius 1 is 1.38 bits per heavy atom. The SMILES string of the molecule is CC(=O)O[C@@H]1C=CO[C@@H](c2ccccc2)C1. The monoisotopic (exact) mass is 218 g/mol. The second-order valence-corrected chi connectivity index (χ2v) is 3.75. The second-order valence-electron chi connectivity index (χ2n) is 3.75. The summed E-state index contributed by atoms with van der Waals surface area (Å²) in [5.41, 5.74) is 1.10. The minimum atomic E-state index is -0.261. The quantitative estimate of drug-likeness (QED) is 0.716. The van der Waals surface area contributed by atoms with Gasteiger partial charge >= 0.3 is 5.97 Å². The first-order valence-electron chi connectivity index (χ1n) is 5.30. The molecule has 0 amide bonds. The number of hydrogen-bond acceptors (Lipinski definition) is 3. The zero-order valence-electron chi connectivity index (χ0n) is 9.13. The summed E-state index contributed by atoms with van der Waals surface area (Å²) in [6.45, 7) is 1.42. The van der Waals surface area contributed by atoms with Gasteiger partial charge in [-0.2, -0.15) is 0 Å². The minimum Gasteiger partial charge on any atom is -0.493 e. The van der Waals surface area contributed by atoms with Crippen molar-refractivity contribution in [1.29, 1.82) is 0 Å². The van der Waals surface area contributed by atoms with Crippen LogP contribution in [-0.2, 0) is 14.3 Å². The van der Waals surface area contributed by atoms with Crippen LogP contribution in [0.25, 0.3) is 0 Å². The molecule has 1 aliphatic rings. The zero-order chi connectivity index (χ0) is 11.4. The molecule has 0 fully saturated rings.